The van der Waals surface area contributed by atoms with E-state index in [1.54, 1.807) is 12.1 Å². The second-order valence-corrected chi connectivity index (χ2v) is 4.72. The molecule has 0 aliphatic rings. The van der Waals surface area contributed by atoms with Gasteiger partial charge in [-0.2, -0.15) is 0 Å². The van der Waals surface area contributed by atoms with Crippen molar-refractivity contribution in [3.8, 4) is 0 Å². The second kappa shape index (κ2) is 8.85. The molecular formula is C13H19ClN2O3. The van der Waals surface area contributed by atoms with E-state index < -0.39 is 4.92 Å². The van der Waals surface area contributed by atoms with Crippen molar-refractivity contribution in [1.29, 1.82) is 0 Å². The zero-order valence-electron chi connectivity index (χ0n) is 10.8. The van der Waals surface area contributed by atoms with Gasteiger partial charge in [-0.25, -0.2) is 0 Å². The fourth-order valence-electron chi connectivity index (χ4n) is 1.82. The van der Waals surface area contributed by atoms with Crippen molar-refractivity contribution >= 4 is 17.3 Å². The molecular weight excluding hydrogens is 268 g/mol. The molecule has 0 saturated carbocycles. The Morgan fingerprint density at radius 1 is 1.26 bits per heavy atom. The minimum atomic E-state index is -0.413. The summed E-state index contributed by atoms with van der Waals surface area (Å²) in [7, 11) is 0. The Morgan fingerprint density at radius 2 is 2.00 bits per heavy atom. The molecule has 0 atom stereocenters. The molecule has 0 spiro atoms. The molecule has 0 amide bonds. The summed E-state index contributed by atoms with van der Waals surface area (Å²) in [5.74, 6) is 0. The first-order valence-corrected chi connectivity index (χ1v) is 6.78. The highest BCUT2D eigenvalue weighted by atomic mass is 35.5. The SMILES string of the molecule is O=[N+]([O-])c1cccc(Cl)c1CNCCCCCCO. The van der Waals surface area contributed by atoms with Gasteiger partial charge in [-0.05, 0) is 25.5 Å². The Labute approximate surface area is 117 Å². The summed E-state index contributed by atoms with van der Waals surface area (Å²) in [6.07, 6.45) is 3.86. The first-order valence-electron chi connectivity index (χ1n) is 6.40. The van der Waals surface area contributed by atoms with Crippen molar-refractivity contribution in [2.24, 2.45) is 0 Å². The zero-order chi connectivity index (χ0) is 14.1. The number of hydrogen-bond acceptors (Lipinski definition) is 4. The number of unbranched alkanes of at least 4 members (excludes halogenated alkanes) is 3. The van der Waals surface area contributed by atoms with E-state index in [-0.39, 0.29) is 12.3 Å². The highest BCUT2D eigenvalue weighted by Crippen LogP contribution is 2.25. The molecule has 0 fully saturated rings. The molecule has 106 valence electrons. The van der Waals surface area contributed by atoms with Gasteiger partial charge in [0.05, 0.1) is 15.5 Å². The summed E-state index contributed by atoms with van der Waals surface area (Å²) in [5.41, 5.74) is 0.588. The summed E-state index contributed by atoms with van der Waals surface area (Å²) in [4.78, 5) is 10.5. The van der Waals surface area contributed by atoms with Gasteiger partial charge in [0.1, 0.15) is 0 Å². The lowest BCUT2D eigenvalue weighted by Crippen LogP contribution is -2.16. The second-order valence-electron chi connectivity index (χ2n) is 4.31. The van der Waals surface area contributed by atoms with E-state index in [2.05, 4.69) is 5.32 Å². The lowest BCUT2D eigenvalue weighted by Gasteiger charge is -2.07. The number of nitrogens with zero attached hydrogens (tertiary/aromatic N) is 1. The number of rotatable bonds is 9. The molecule has 1 rings (SSSR count). The summed E-state index contributed by atoms with van der Waals surface area (Å²) < 4.78 is 0. The van der Waals surface area contributed by atoms with Gasteiger partial charge in [0.25, 0.3) is 5.69 Å². The molecule has 0 heterocycles. The summed E-state index contributed by atoms with van der Waals surface area (Å²) in [5, 5.41) is 23.1. The highest BCUT2D eigenvalue weighted by molar-refractivity contribution is 6.31. The Hall–Kier alpha value is -1.17. The predicted molar refractivity (Wildman–Crippen MR) is 75.4 cm³/mol. The van der Waals surface area contributed by atoms with Crippen LogP contribution in [-0.4, -0.2) is 23.2 Å². The van der Waals surface area contributed by atoms with Gasteiger partial charge in [-0.1, -0.05) is 30.5 Å². The number of hydrogen-bond donors (Lipinski definition) is 2. The molecule has 0 aromatic heterocycles. The lowest BCUT2D eigenvalue weighted by atomic mass is 10.1. The fourth-order valence-corrected chi connectivity index (χ4v) is 2.06. The van der Waals surface area contributed by atoms with Gasteiger partial charge < -0.3 is 10.4 Å². The summed E-state index contributed by atoms with van der Waals surface area (Å²) in [6.45, 7) is 1.42. The average molecular weight is 287 g/mol. The van der Waals surface area contributed by atoms with E-state index in [1.165, 1.54) is 6.07 Å². The minimum Gasteiger partial charge on any atom is -0.396 e. The Balaban J connectivity index is 2.38. The Kier molecular flexibility index (Phi) is 7.40. The van der Waals surface area contributed by atoms with E-state index in [9.17, 15) is 10.1 Å². The number of nitro benzene ring substituents is 1. The predicted octanol–water partition coefficient (Wildman–Crippen LogP) is 2.89. The third-order valence-corrected chi connectivity index (χ3v) is 3.21. The Bertz CT molecular complexity index is 413. The van der Waals surface area contributed by atoms with Gasteiger partial charge in [-0.15, -0.1) is 0 Å². The number of aliphatic hydroxyl groups is 1. The van der Waals surface area contributed by atoms with Crippen molar-refractivity contribution in [3.63, 3.8) is 0 Å². The van der Waals surface area contributed by atoms with Crippen LogP contribution in [0.4, 0.5) is 5.69 Å². The fraction of sp³-hybridized carbons (Fsp3) is 0.538. The van der Waals surface area contributed by atoms with Crippen LogP contribution in [0.1, 0.15) is 31.2 Å². The van der Waals surface area contributed by atoms with Crippen LogP contribution in [0.5, 0.6) is 0 Å². The maximum Gasteiger partial charge on any atom is 0.275 e. The lowest BCUT2D eigenvalue weighted by molar-refractivity contribution is -0.385. The number of benzene rings is 1. The molecule has 0 aliphatic heterocycles. The van der Waals surface area contributed by atoms with Crippen LogP contribution in [0, 0.1) is 10.1 Å². The molecule has 6 heteroatoms. The van der Waals surface area contributed by atoms with Crippen molar-refractivity contribution in [3.05, 3.63) is 38.9 Å². The largest absolute Gasteiger partial charge is 0.396 e. The highest BCUT2D eigenvalue weighted by Gasteiger charge is 2.15. The number of nitrogens with one attached hydrogen (secondary N) is 1. The Morgan fingerprint density at radius 3 is 2.68 bits per heavy atom. The molecule has 5 nitrogen and oxygen atoms in total. The van der Waals surface area contributed by atoms with Crippen LogP contribution in [0.15, 0.2) is 18.2 Å². The maximum absolute atomic E-state index is 10.9. The van der Waals surface area contributed by atoms with Crippen LogP contribution in [0.25, 0.3) is 0 Å². The quantitative estimate of drug-likeness (QED) is 0.416. The minimum absolute atomic E-state index is 0.0558. The molecule has 0 bridgehead atoms. The monoisotopic (exact) mass is 286 g/mol. The number of aliphatic hydroxyl groups excluding tert-OH is 1. The van der Waals surface area contributed by atoms with Gasteiger partial charge in [0, 0.05) is 19.2 Å². The summed E-state index contributed by atoms with van der Waals surface area (Å²) in [6, 6.07) is 4.70. The third kappa shape index (κ3) is 5.55. The van der Waals surface area contributed by atoms with Crippen LogP contribution in [0.3, 0.4) is 0 Å². The van der Waals surface area contributed by atoms with Crippen molar-refractivity contribution < 1.29 is 10.0 Å². The van der Waals surface area contributed by atoms with E-state index in [1.807, 2.05) is 0 Å². The van der Waals surface area contributed by atoms with E-state index in [4.69, 9.17) is 16.7 Å². The molecule has 0 saturated heterocycles. The first-order chi connectivity index (χ1) is 9.16. The molecule has 0 radical (unpaired) electrons. The standard InChI is InChI=1S/C13H19ClN2O3/c14-12-6-5-7-13(16(18)19)11(12)10-15-8-3-1-2-4-9-17/h5-7,15,17H,1-4,8-10H2. The van der Waals surface area contributed by atoms with Crippen LogP contribution in [-0.2, 0) is 6.54 Å². The van der Waals surface area contributed by atoms with E-state index in [0.29, 0.717) is 17.1 Å². The van der Waals surface area contributed by atoms with Gasteiger partial charge in [0.15, 0.2) is 0 Å². The first kappa shape index (κ1) is 15.9. The normalized spacial score (nSPS) is 10.6. The number of halogens is 1. The smallest absolute Gasteiger partial charge is 0.275 e. The van der Waals surface area contributed by atoms with E-state index in [0.717, 1.165) is 32.2 Å². The third-order valence-electron chi connectivity index (χ3n) is 2.85. The van der Waals surface area contributed by atoms with Crippen LogP contribution < -0.4 is 5.32 Å². The van der Waals surface area contributed by atoms with Crippen molar-refractivity contribution in [2.75, 3.05) is 13.2 Å². The van der Waals surface area contributed by atoms with Gasteiger partial charge >= 0.3 is 0 Å². The molecule has 0 aliphatic carbocycles. The molecule has 2 N–H and O–H groups in total. The van der Waals surface area contributed by atoms with Crippen LogP contribution in [0.2, 0.25) is 5.02 Å². The topological polar surface area (TPSA) is 75.4 Å². The van der Waals surface area contributed by atoms with Gasteiger partial charge in [0.2, 0.25) is 0 Å². The molecule has 0 unspecified atom stereocenters. The van der Waals surface area contributed by atoms with Crippen molar-refractivity contribution in [1.82, 2.24) is 5.32 Å². The zero-order valence-corrected chi connectivity index (χ0v) is 11.5. The molecule has 19 heavy (non-hydrogen) atoms. The maximum atomic E-state index is 10.9. The average Bonchev–Trinajstić information content (AvgIpc) is 2.39. The van der Waals surface area contributed by atoms with Crippen molar-refractivity contribution in [2.45, 2.75) is 32.2 Å². The summed E-state index contributed by atoms with van der Waals surface area (Å²) >= 11 is 5.98. The molecule has 1 aromatic rings. The van der Waals surface area contributed by atoms with Crippen LogP contribution >= 0.6 is 11.6 Å². The van der Waals surface area contributed by atoms with Gasteiger partial charge in [-0.3, -0.25) is 10.1 Å². The molecule has 1 aromatic carbocycles. The van der Waals surface area contributed by atoms with E-state index >= 15 is 0 Å². The number of nitro groups is 1.